The van der Waals surface area contributed by atoms with Crippen molar-refractivity contribution in [3.05, 3.63) is 24.0 Å². The molecule has 1 aromatic rings. The quantitative estimate of drug-likeness (QED) is 0.859. The summed E-state index contributed by atoms with van der Waals surface area (Å²) in [4.78, 5) is 0. The van der Waals surface area contributed by atoms with Crippen molar-refractivity contribution in [2.24, 2.45) is 5.41 Å². The van der Waals surface area contributed by atoms with E-state index in [-0.39, 0.29) is 11.2 Å². The monoisotopic (exact) mass is 281 g/mol. The lowest BCUT2D eigenvalue weighted by Crippen LogP contribution is -2.59. The van der Waals surface area contributed by atoms with E-state index < -0.39 is 0 Å². The Balaban J connectivity index is 2.11. The van der Waals surface area contributed by atoms with Gasteiger partial charge in [-0.05, 0) is 31.9 Å². The van der Waals surface area contributed by atoms with Gasteiger partial charge in [0.25, 0.3) is 0 Å². The molecule has 2 rings (SSSR count). The lowest BCUT2D eigenvalue weighted by atomic mass is 9.61. The van der Waals surface area contributed by atoms with E-state index in [1.807, 2.05) is 6.92 Å². The van der Waals surface area contributed by atoms with Gasteiger partial charge in [0.1, 0.15) is 11.6 Å². The summed E-state index contributed by atoms with van der Waals surface area (Å²) >= 11 is 0. The molecule has 1 saturated carbocycles. The molecule has 1 aromatic carbocycles. The number of hydrogen-bond donors (Lipinski definition) is 1. The van der Waals surface area contributed by atoms with Crippen LogP contribution in [0.15, 0.2) is 18.2 Å². The molecular weight excluding hydrogens is 257 g/mol. The Morgan fingerprint density at radius 1 is 1.40 bits per heavy atom. The van der Waals surface area contributed by atoms with Gasteiger partial charge < -0.3 is 14.8 Å². The topological polar surface area (TPSA) is 30.5 Å². The zero-order chi connectivity index (χ0) is 14.8. The Labute approximate surface area is 120 Å². The van der Waals surface area contributed by atoms with Crippen LogP contribution in [0, 0.1) is 11.2 Å². The maximum absolute atomic E-state index is 13.2. The number of anilines is 1. The Kier molecular flexibility index (Phi) is 4.53. The molecule has 3 atom stereocenters. The molecule has 4 heteroatoms. The molecule has 1 aliphatic rings. The molecule has 1 fully saturated rings. The first-order chi connectivity index (χ1) is 9.55. The lowest BCUT2D eigenvalue weighted by Gasteiger charge is -2.54. The zero-order valence-electron chi connectivity index (χ0n) is 12.7. The molecule has 0 spiro atoms. The van der Waals surface area contributed by atoms with Gasteiger partial charge >= 0.3 is 0 Å². The molecule has 1 aliphatic carbocycles. The first kappa shape index (κ1) is 15.1. The van der Waals surface area contributed by atoms with E-state index in [1.54, 1.807) is 13.2 Å². The third-order valence-electron chi connectivity index (χ3n) is 4.60. The van der Waals surface area contributed by atoms with E-state index in [0.29, 0.717) is 17.9 Å². The number of rotatable bonds is 6. The van der Waals surface area contributed by atoms with Gasteiger partial charge in [-0.2, -0.15) is 0 Å². The maximum Gasteiger partial charge on any atom is 0.144 e. The first-order valence-corrected chi connectivity index (χ1v) is 7.26. The number of ether oxygens (including phenoxy) is 2. The van der Waals surface area contributed by atoms with Crippen molar-refractivity contribution in [2.45, 2.75) is 45.8 Å². The molecule has 0 saturated heterocycles. The van der Waals surface area contributed by atoms with Gasteiger partial charge in [-0.25, -0.2) is 4.39 Å². The van der Waals surface area contributed by atoms with Gasteiger partial charge in [0.15, 0.2) is 0 Å². The number of nitrogens with one attached hydrogen (secondary N) is 1. The minimum Gasteiger partial charge on any atom is -0.494 e. The van der Waals surface area contributed by atoms with E-state index in [1.165, 1.54) is 12.1 Å². The number of benzene rings is 1. The summed E-state index contributed by atoms with van der Waals surface area (Å²) in [5.41, 5.74) is 0.948. The molecule has 0 amide bonds. The fraction of sp³-hybridized carbons (Fsp3) is 0.625. The predicted molar refractivity (Wildman–Crippen MR) is 78.8 cm³/mol. The van der Waals surface area contributed by atoms with E-state index in [4.69, 9.17) is 9.47 Å². The second kappa shape index (κ2) is 6.00. The summed E-state index contributed by atoms with van der Waals surface area (Å²) in [6, 6.07) is 4.92. The van der Waals surface area contributed by atoms with Crippen molar-refractivity contribution in [1.29, 1.82) is 0 Å². The predicted octanol–water partition coefficient (Wildman–Crippen LogP) is 3.84. The van der Waals surface area contributed by atoms with Gasteiger partial charge in [0.05, 0.1) is 18.9 Å². The number of methoxy groups -OCH3 is 1. The normalized spacial score (nSPS) is 28.9. The zero-order valence-corrected chi connectivity index (χ0v) is 12.7. The summed E-state index contributed by atoms with van der Waals surface area (Å²) < 4.78 is 24.3. The van der Waals surface area contributed by atoms with Crippen LogP contribution in [0.5, 0.6) is 5.75 Å². The van der Waals surface area contributed by atoms with Crippen LogP contribution in [0.25, 0.3) is 0 Å². The highest BCUT2D eigenvalue weighted by molar-refractivity contribution is 5.57. The molecule has 3 unspecified atom stereocenters. The molecule has 20 heavy (non-hydrogen) atoms. The van der Waals surface area contributed by atoms with Gasteiger partial charge in [-0.15, -0.1) is 0 Å². The molecule has 0 aliphatic heterocycles. The SMILES string of the molecule is CCOC1CC(Nc2ccc(F)cc2OC)C1(C)CC. The van der Waals surface area contributed by atoms with Crippen LogP contribution < -0.4 is 10.1 Å². The Morgan fingerprint density at radius 2 is 2.15 bits per heavy atom. The van der Waals surface area contributed by atoms with Crippen molar-refractivity contribution < 1.29 is 13.9 Å². The van der Waals surface area contributed by atoms with Crippen molar-refractivity contribution in [3.8, 4) is 5.75 Å². The largest absolute Gasteiger partial charge is 0.494 e. The molecular formula is C16H24FNO2. The second-order valence-corrected chi connectivity index (χ2v) is 5.58. The van der Waals surface area contributed by atoms with Gasteiger partial charge in [-0.1, -0.05) is 13.8 Å². The number of hydrogen-bond acceptors (Lipinski definition) is 3. The van der Waals surface area contributed by atoms with Crippen molar-refractivity contribution >= 4 is 5.69 Å². The van der Waals surface area contributed by atoms with Crippen LogP contribution in [0.3, 0.4) is 0 Å². The molecule has 0 bridgehead atoms. The Morgan fingerprint density at radius 3 is 2.75 bits per heavy atom. The van der Waals surface area contributed by atoms with Crippen LogP contribution in [-0.4, -0.2) is 25.9 Å². The average Bonchev–Trinajstić information content (AvgIpc) is 2.46. The van der Waals surface area contributed by atoms with Gasteiger partial charge in [0, 0.05) is 24.1 Å². The lowest BCUT2D eigenvalue weighted by molar-refractivity contribution is -0.109. The maximum atomic E-state index is 13.2. The van der Waals surface area contributed by atoms with E-state index >= 15 is 0 Å². The summed E-state index contributed by atoms with van der Waals surface area (Å²) in [6.45, 7) is 7.19. The van der Waals surface area contributed by atoms with Crippen LogP contribution in [0.4, 0.5) is 10.1 Å². The molecule has 3 nitrogen and oxygen atoms in total. The Bertz CT molecular complexity index is 466. The van der Waals surface area contributed by atoms with Gasteiger partial charge in [-0.3, -0.25) is 0 Å². The number of halogens is 1. The minimum absolute atomic E-state index is 0.107. The Hall–Kier alpha value is -1.29. The van der Waals surface area contributed by atoms with Crippen LogP contribution in [-0.2, 0) is 4.74 Å². The van der Waals surface area contributed by atoms with Crippen LogP contribution in [0.2, 0.25) is 0 Å². The van der Waals surface area contributed by atoms with Crippen LogP contribution in [0.1, 0.15) is 33.6 Å². The molecule has 112 valence electrons. The first-order valence-electron chi connectivity index (χ1n) is 7.26. The molecule has 0 heterocycles. The standard InChI is InChI=1S/C16H24FNO2/c1-5-16(3)14(10-15(16)20-6-2)18-12-8-7-11(17)9-13(12)19-4/h7-9,14-15,18H,5-6,10H2,1-4H3. The summed E-state index contributed by atoms with van der Waals surface area (Å²) in [5, 5.41) is 3.48. The van der Waals surface area contributed by atoms with E-state index in [0.717, 1.165) is 25.1 Å². The van der Waals surface area contributed by atoms with Crippen LogP contribution >= 0.6 is 0 Å². The van der Waals surface area contributed by atoms with Crippen molar-refractivity contribution in [1.82, 2.24) is 0 Å². The van der Waals surface area contributed by atoms with E-state index in [2.05, 4.69) is 19.2 Å². The highest BCUT2D eigenvalue weighted by Gasteiger charge is 2.51. The highest BCUT2D eigenvalue weighted by Crippen LogP contribution is 2.48. The second-order valence-electron chi connectivity index (χ2n) is 5.58. The average molecular weight is 281 g/mol. The molecule has 0 radical (unpaired) electrons. The third-order valence-corrected chi connectivity index (χ3v) is 4.60. The fourth-order valence-corrected chi connectivity index (χ4v) is 2.95. The van der Waals surface area contributed by atoms with Crippen molar-refractivity contribution in [2.75, 3.05) is 19.0 Å². The third kappa shape index (κ3) is 2.62. The minimum atomic E-state index is -0.286. The van der Waals surface area contributed by atoms with E-state index in [9.17, 15) is 4.39 Å². The molecule has 0 aromatic heterocycles. The summed E-state index contributed by atoms with van der Waals surface area (Å²) in [6.07, 6.45) is 2.30. The van der Waals surface area contributed by atoms with Gasteiger partial charge in [0.2, 0.25) is 0 Å². The summed E-state index contributed by atoms with van der Waals surface area (Å²) in [5.74, 6) is 0.259. The van der Waals surface area contributed by atoms with Crippen molar-refractivity contribution in [3.63, 3.8) is 0 Å². The fourth-order valence-electron chi connectivity index (χ4n) is 2.95. The molecule has 1 N–H and O–H groups in total. The summed E-state index contributed by atoms with van der Waals surface area (Å²) in [7, 11) is 1.56. The highest BCUT2D eigenvalue weighted by atomic mass is 19.1. The smallest absolute Gasteiger partial charge is 0.144 e.